The first-order valence-corrected chi connectivity index (χ1v) is 12.4. The molecule has 0 radical (unpaired) electrons. The van der Waals surface area contributed by atoms with E-state index < -0.39 is 5.92 Å². The van der Waals surface area contributed by atoms with Crippen LogP contribution in [0.3, 0.4) is 0 Å². The quantitative estimate of drug-likeness (QED) is 0.372. The lowest BCUT2D eigenvalue weighted by Gasteiger charge is -2.38. The molecule has 0 unspecified atom stereocenters. The number of hydrogen-bond acceptors (Lipinski definition) is 4. The summed E-state index contributed by atoms with van der Waals surface area (Å²) in [5.74, 6) is -0.620. The Morgan fingerprint density at radius 3 is 1.27 bits per heavy atom. The summed E-state index contributed by atoms with van der Waals surface area (Å²) in [6, 6.07) is 21.4. The zero-order valence-electron chi connectivity index (χ0n) is 21.9. The number of rotatable bonds is 12. The van der Waals surface area contributed by atoms with Crippen LogP contribution in [-0.2, 0) is 9.53 Å². The predicted molar refractivity (Wildman–Crippen MR) is 139 cm³/mol. The molecular weight excluding hydrogens is 408 g/mol. The lowest BCUT2D eigenvalue weighted by atomic mass is 9.91. The Bertz CT molecular complexity index is 741. The number of hydrogen-bond donors (Lipinski definition) is 0. The number of benzene rings is 2. The van der Waals surface area contributed by atoms with Crippen molar-refractivity contribution in [1.82, 2.24) is 9.80 Å². The van der Waals surface area contributed by atoms with E-state index in [2.05, 4.69) is 65.2 Å². The van der Waals surface area contributed by atoms with Gasteiger partial charge >= 0.3 is 5.97 Å². The smallest absolute Gasteiger partial charge is 0.318 e. The van der Waals surface area contributed by atoms with Gasteiger partial charge < -0.3 is 4.74 Å². The fraction of sp³-hybridized carbons (Fsp3) is 0.552. The molecule has 0 spiro atoms. The first-order chi connectivity index (χ1) is 15.6. The van der Waals surface area contributed by atoms with Gasteiger partial charge in [0.25, 0.3) is 0 Å². The van der Waals surface area contributed by atoms with Gasteiger partial charge in [-0.15, -0.1) is 0 Å². The second kappa shape index (κ2) is 12.9. The summed E-state index contributed by atoms with van der Waals surface area (Å²) >= 11 is 0. The molecule has 2 rings (SSSR count). The molecule has 4 heteroatoms. The van der Waals surface area contributed by atoms with Crippen molar-refractivity contribution in [1.29, 1.82) is 0 Å². The summed E-state index contributed by atoms with van der Waals surface area (Å²) in [7, 11) is 0. The lowest BCUT2D eigenvalue weighted by molar-refractivity contribution is -0.153. The molecule has 0 aliphatic heterocycles. The van der Waals surface area contributed by atoms with E-state index >= 15 is 0 Å². The van der Waals surface area contributed by atoms with Gasteiger partial charge in [-0.25, -0.2) is 0 Å². The average molecular weight is 453 g/mol. The molecule has 0 bridgehead atoms. The molecule has 0 amide bonds. The van der Waals surface area contributed by atoms with E-state index in [1.807, 2.05) is 60.7 Å². The van der Waals surface area contributed by atoms with Crippen molar-refractivity contribution < 1.29 is 9.53 Å². The molecule has 0 saturated heterocycles. The first kappa shape index (κ1) is 27.1. The van der Waals surface area contributed by atoms with Gasteiger partial charge in [-0.2, -0.15) is 0 Å². The SMILES string of the molecule is CC(C)N(CC(CN(C(C)C)C(C)C)OC(=O)C(c1ccccc1)c1ccccc1)C(C)C. The molecule has 0 N–H and O–H groups in total. The van der Waals surface area contributed by atoms with Crippen molar-refractivity contribution >= 4 is 5.97 Å². The van der Waals surface area contributed by atoms with Crippen molar-refractivity contribution in [3.8, 4) is 0 Å². The molecule has 2 aromatic rings. The van der Waals surface area contributed by atoms with Crippen LogP contribution in [0.1, 0.15) is 72.4 Å². The average Bonchev–Trinajstić information content (AvgIpc) is 2.76. The minimum absolute atomic E-state index is 0.183. The molecule has 0 saturated carbocycles. The Morgan fingerprint density at radius 2 is 0.970 bits per heavy atom. The highest BCUT2D eigenvalue weighted by atomic mass is 16.5. The van der Waals surface area contributed by atoms with Crippen molar-refractivity contribution in [2.45, 2.75) is 91.6 Å². The van der Waals surface area contributed by atoms with Crippen LogP contribution >= 0.6 is 0 Å². The molecule has 0 fully saturated rings. The lowest BCUT2D eigenvalue weighted by Crippen LogP contribution is -2.50. The van der Waals surface area contributed by atoms with E-state index in [0.29, 0.717) is 37.3 Å². The minimum Gasteiger partial charge on any atom is -0.459 e. The number of ether oxygens (including phenoxy) is 1. The summed E-state index contributed by atoms with van der Waals surface area (Å²) in [6.45, 7) is 19.1. The van der Waals surface area contributed by atoms with E-state index in [4.69, 9.17) is 4.74 Å². The maximum Gasteiger partial charge on any atom is 0.318 e. The van der Waals surface area contributed by atoms with Crippen LogP contribution in [0.25, 0.3) is 0 Å². The Balaban J connectivity index is 2.37. The molecule has 0 aliphatic carbocycles. The molecular formula is C29H44N2O2. The monoisotopic (exact) mass is 452 g/mol. The molecule has 4 nitrogen and oxygen atoms in total. The van der Waals surface area contributed by atoms with Gasteiger partial charge in [0.05, 0.1) is 0 Å². The molecule has 2 aromatic carbocycles. The zero-order chi connectivity index (χ0) is 24.5. The Hall–Kier alpha value is -2.17. The Labute approximate surface area is 201 Å². The van der Waals surface area contributed by atoms with Crippen molar-refractivity contribution in [3.05, 3.63) is 71.8 Å². The topological polar surface area (TPSA) is 32.8 Å². The van der Waals surface area contributed by atoms with Crippen LogP contribution < -0.4 is 0 Å². The van der Waals surface area contributed by atoms with E-state index in [1.165, 1.54) is 0 Å². The normalized spacial score (nSPS) is 12.4. The fourth-order valence-electron chi connectivity index (χ4n) is 4.63. The Kier molecular flexibility index (Phi) is 10.6. The molecule has 182 valence electrons. The summed E-state index contributed by atoms with van der Waals surface area (Å²) in [4.78, 5) is 18.6. The van der Waals surface area contributed by atoms with E-state index in [1.54, 1.807) is 0 Å². The minimum atomic E-state index is -0.437. The largest absolute Gasteiger partial charge is 0.459 e. The number of carbonyl (C=O) groups excluding carboxylic acids is 1. The standard InChI is InChI=1S/C29H44N2O2/c1-21(2)30(22(3)4)19-27(20-31(23(5)6)24(7)8)33-29(32)28(25-15-11-9-12-16-25)26-17-13-10-14-18-26/h9-18,21-24,27-28H,19-20H2,1-8H3. The van der Waals surface area contributed by atoms with Crippen LogP contribution in [0.5, 0.6) is 0 Å². The van der Waals surface area contributed by atoms with Crippen molar-refractivity contribution in [2.24, 2.45) is 0 Å². The van der Waals surface area contributed by atoms with Crippen LogP contribution in [0.2, 0.25) is 0 Å². The fourth-order valence-corrected chi connectivity index (χ4v) is 4.63. The molecule has 0 heterocycles. The van der Waals surface area contributed by atoms with Crippen molar-refractivity contribution in [2.75, 3.05) is 13.1 Å². The third-order valence-electron chi connectivity index (χ3n) is 6.27. The summed E-state index contributed by atoms with van der Waals surface area (Å²) < 4.78 is 6.36. The second-order valence-corrected chi connectivity index (χ2v) is 10.1. The van der Waals surface area contributed by atoms with E-state index in [0.717, 1.165) is 11.1 Å². The van der Waals surface area contributed by atoms with E-state index in [-0.39, 0.29) is 12.1 Å². The van der Waals surface area contributed by atoms with Gasteiger partial charge in [0.2, 0.25) is 0 Å². The van der Waals surface area contributed by atoms with Gasteiger partial charge in [-0.05, 0) is 66.5 Å². The van der Waals surface area contributed by atoms with Gasteiger partial charge in [0.15, 0.2) is 0 Å². The summed E-state index contributed by atoms with van der Waals surface area (Å²) in [5.41, 5.74) is 1.92. The molecule has 0 aromatic heterocycles. The summed E-state index contributed by atoms with van der Waals surface area (Å²) in [6.07, 6.45) is -0.220. The maximum absolute atomic E-state index is 13.7. The molecule has 0 atom stereocenters. The highest BCUT2D eigenvalue weighted by molar-refractivity contribution is 5.82. The highest BCUT2D eigenvalue weighted by Gasteiger charge is 2.30. The predicted octanol–water partition coefficient (Wildman–Crippen LogP) is 5.97. The number of nitrogens with zero attached hydrogens (tertiary/aromatic N) is 2. The van der Waals surface area contributed by atoms with Crippen LogP contribution in [0, 0.1) is 0 Å². The van der Waals surface area contributed by atoms with Gasteiger partial charge in [-0.1, -0.05) is 60.7 Å². The third kappa shape index (κ3) is 7.97. The van der Waals surface area contributed by atoms with Crippen LogP contribution in [0.15, 0.2) is 60.7 Å². The maximum atomic E-state index is 13.7. The molecule has 0 aliphatic rings. The summed E-state index contributed by atoms with van der Waals surface area (Å²) in [5, 5.41) is 0. The van der Waals surface area contributed by atoms with E-state index in [9.17, 15) is 4.79 Å². The van der Waals surface area contributed by atoms with Gasteiger partial charge in [0.1, 0.15) is 12.0 Å². The molecule has 33 heavy (non-hydrogen) atoms. The van der Waals surface area contributed by atoms with Crippen LogP contribution in [0.4, 0.5) is 0 Å². The number of esters is 1. The second-order valence-electron chi connectivity index (χ2n) is 10.1. The zero-order valence-corrected chi connectivity index (χ0v) is 21.9. The van der Waals surface area contributed by atoms with Crippen LogP contribution in [-0.4, -0.2) is 59.1 Å². The first-order valence-electron chi connectivity index (χ1n) is 12.4. The highest BCUT2D eigenvalue weighted by Crippen LogP contribution is 2.27. The number of carbonyl (C=O) groups is 1. The third-order valence-corrected chi connectivity index (χ3v) is 6.27. The Morgan fingerprint density at radius 1 is 0.636 bits per heavy atom. The van der Waals surface area contributed by atoms with Gasteiger partial charge in [0, 0.05) is 37.3 Å². The van der Waals surface area contributed by atoms with Gasteiger partial charge in [-0.3, -0.25) is 14.6 Å². The van der Waals surface area contributed by atoms with Crippen molar-refractivity contribution in [3.63, 3.8) is 0 Å².